The average molecular weight is 273 g/mol. The molecule has 1 rings (SSSR count). The second-order valence-electron chi connectivity index (χ2n) is 4.76. The Morgan fingerprint density at radius 2 is 1.94 bits per heavy atom. The fourth-order valence-electron chi connectivity index (χ4n) is 2.30. The minimum atomic E-state index is 0. The first-order valence-corrected chi connectivity index (χ1v) is 6.37. The summed E-state index contributed by atoms with van der Waals surface area (Å²) in [6.45, 7) is 13.4. The molecule has 0 aliphatic carbocycles. The Balaban J connectivity index is 0.00000289. The van der Waals surface area contributed by atoms with Gasteiger partial charge in [0.05, 0.1) is 0 Å². The molecule has 0 aromatic heterocycles. The Morgan fingerprint density at radius 1 is 1.39 bits per heavy atom. The number of carbonyl (C=O) groups excluding carboxylic acids is 1. The van der Waals surface area contributed by atoms with Gasteiger partial charge in [-0.3, -0.25) is 4.79 Å². The maximum Gasteiger partial charge on any atom is 0.226 e. The van der Waals surface area contributed by atoms with Gasteiger partial charge in [-0.1, -0.05) is 12.2 Å². The van der Waals surface area contributed by atoms with Crippen molar-refractivity contribution in [2.45, 2.75) is 38.8 Å². The third-order valence-electron chi connectivity index (χ3n) is 3.57. The van der Waals surface area contributed by atoms with E-state index in [1.165, 1.54) is 0 Å². The molecule has 0 saturated carbocycles. The number of rotatable bonds is 5. The summed E-state index contributed by atoms with van der Waals surface area (Å²) in [5.41, 5.74) is 0. The number of hydrogen-bond donors (Lipinski definition) is 1. The van der Waals surface area contributed by atoms with Crippen molar-refractivity contribution in [3.05, 3.63) is 25.3 Å². The Bertz CT molecular complexity index is 284. The molecule has 0 aromatic rings. The Hall–Kier alpha value is -0.800. The molecule has 4 heteroatoms. The van der Waals surface area contributed by atoms with E-state index in [9.17, 15) is 4.79 Å². The van der Waals surface area contributed by atoms with Crippen molar-refractivity contribution in [1.82, 2.24) is 10.2 Å². The van der Waals surface area contributed by atoms with E-state index in [0.717, 1.165) is 25.9 Å². The van der Waals surface area contributed by atoms with E-state index >= 15 is 0 Å². The fourth-order valence-corrected chi connectivity index (χ4v) is 2.30. The zero-order valence-electron chi connectivity index (χ0n) is 11.4. The second kappa shape index (κ2) is 8.33. The van der Waals surface area contributed by atoms with Crippen molar-refractivity contribution in [2.24, 2.45) is 5.92 Å². The van der Waals surface area contributed by atoms with E-state index in [-0.39, 0.29) is 30.3 Å². The monoisotopic (exact) mass is 272 g/mol. The summed E-state index contributed by atoms with van der Waals surface area (Å²) in [6.07, 6.45) is 5.11. The maximum absolute atomic E-state index is 12.4. The number of allylic oxidation sites excluding steroid dienone is 2. The molecule has 1 N–H and O–H groups in total. The van der Waals surface area contributed by atoms with Crippen LogP contribution in [0.15, 0.2) is 25.3 Å². The van der Waals surface area contributed by atoms with Gasteiger partial charge in [0.25, 0.3) is 0 Å². The smallest absolute Gasteiger partial charge is 0.226 e. The van der Waals surface area contributed by atoms with Crippen LogP contribution in [0, 0.1) is 5.92 Å². The van der Waals surface area contributed by atoms with E-state index in [1.54, 1.807) is 0 Å². The van der Waals surface area contributed by atoms with Gasteiger partial charge in [-0.15, -0.1) is 25.6 Å². The van der Waals surface area contributed by atoms with Crippen LogP contribution in [0.3, 0.4) is 0 Å². The van der Waals surface area contributed by atoms with E-state index in [0.29, 0.717) is 6.04 Å². The third kappa shape index (κ3) is 4.14. The van der Waals surface area contributed by atoms with Crippen LogP contribution in [0.2, 0.25) is 0 Å². The van der Waals surface area contributed by atoms with E-state index < -0.39 is 0 Å². The van der Waals surface area contributed by atoms with Crippen molar-refractivity contribution in [1.29, 1.82) is 0 Å². The molecule has 0 aromatic carbocycles. The van der Waals surface area contributed by atoms with Gasteiger partial charge in [0.2, 0.25) is 5.91 Å². The molecule has 1 amide bonds. The normalized spacial score (nSPS) is 23.4. The Labute approximate surface area is 117 Å². The lowest BCUT2D eigenvalue weighted by Crippen LogP contribution is -2.58. The third-order valence-corrected chi connectivity index (χ3v) is 3.57. The quantitative estimate of drug-likeness (QED) is 0.780. The molecular formula is C14H25ClN2O. The minimum absolute atomic E-state index is 0. The summed E-state index contributed by atoms with van der Waals surface area (Å²) in [5.74, 6) is 0.253. The van der Waals surface area contributed by atoms with Crippen LogP contribution in [-0.4, -0.2) is 36.0 Å². The SMILES string of the molecule is C=CCC(CC=C)C(=O)N1CCNC(C)C1C.Cl. The van der Waals surface area contributed by atoms with Gasteiger partial charge < -0.3 is 10.2 Å². The highest BCUT2D eigenvalue weighted by atomic mass is 35.5. The lowest BCUT2D eigenvalue weighted by Gasteiger charge is -2.40. The molecule has 1 heterocycles. The molecule has 1 fully saturated rings. The fraction of sp³-hybridized carbons (Fsp3) is 0.643. The number of nitrogens with one attached hydrogen (secondary N) is 1. The van der Waals surface area contributed by atoms with Gasteiger partial charge in [-0.25, -0.2) is 0 Å². The van der Waals surface area contributed by atoms with Crippen LogP contribution < -0.4 is 5.32 Å². The predicted molar refractivity (Wildman–Crippen MR) is 79.0 cm³/mol. The number of hydrogen-bond acceptors (Lipinski definition) is 2. The van der Waals surface area contributed by atoms with Gasteiger partial charge >= 0.3 is 0 Å². The highest BCUT2D eigenvalue weighted by molar-refractivity contribution is 5.85. The lowest BCUT2D eigenvalue weighted by molar-refractivity contribution is -0.139. The van der Waals surface area contributed by atoms with Crippen LogP contribution in [0.1, 0.15) is 26.7 Å². The summed E-state index contributed by atoms with van der Waals surface area (Å²) in [7, 11) is 0. The van der Waals surface area contributed by atoms with E-state index in [4.69, 9.17) is 0 Å². The number of nitrogens with zero attached hydrogens (tertiary/aromatic N) is 1. The van der Waals surface area contributed by atoms with Crippen molar-refractivity contribution in [2.75, 3.05) is 13.1 Å². The minimum Gasteiger partial charge on any atom is -0.337 e. The topological polar surface area (TPSA) is 32.3 Å². The Morgan fingerprint density at radius 3 is 2.44 bits per heavy atom. The molecule has 0 spiro atoms. The van der Waals surface area contributed by atoms with Crippen LogP contribution >= 0.6 is 12.4 Å². The van der Waals surface area contributed by atoms with Gasteiger partial charge in [-0.2, -0.15) is 0 Å². The first-order chi connectivity index (χ1) is 8.11. The molecule has 2 atom stereocenters. The number of piperazine rings is 1. The average Bonchev–Trinajstić information content (AvgIpc) is 2.31. The van der Waals surface area contributed by atoms with Crippen LogP contribution in [0.5, 0.6) is 0 Å². The van der Waals surface area contributed by atoms with Crippen LogP contribution in [0.25, 0.3) is 0 Å². The van der Waals surface area contributed by atoms with E-state index in [2.05, 4.69) is 32.3 Å². The maximum atomic E-state index is 12.4. The van der Waals surface area contributed by atoms with Gasteiger partial charge in [0.1, 0.15) is 0 Å². The summed E-state index contributed by atoms with van der Waals surface area (Å²) >= 11 is 0. The van der Waals surface area contributed by atoms with Gasteiger partial charge in [0, 0.05) is 31.1 Å². The zero-order chi connectivity index (χ0) is 12.8. The van der Waals surface area contributed by atoms with E-state index in [1.807, 2.05) is 17.1 Å². The summed E-state index contributed by atoms with van der Waals surface area (Å²) in [6, 6.07) is 0.620. The molecule has 104 valence electrons. The Kier molecular flexibility index (Phi) is 7.96. The van der Waals surface area contributed by atoms with Gasteiger partial charge in [-0.05, 0) is 26.7 Å². The first kappa shape index (κ1) is 17.2. The molecule has 1 saturated heterocycles. The summed E-state index contributed by atoms with van der Waals surface area (Å²) in [5, 5.41) is 3.39. The van der Waals surface area contributed by atoms with Crippen LogP contribution in [-0.2, 0) is 4.79 Å². The van der Waals surface area contributed by atoms with Crippen molar-refractivity contribution < 1.29 is 4.79 Å². The summed E-state index contributed by atoms with van der Waals surface area (Å²) < 4.78 is 0. The number of amides is 1. The van der Waals surface area contributed by atoms with Gasteiger partial charge in [0.15, 0.2) is 0 Å². The molecule has 18 heavy (non-hydrogen) atoms. The number of carbonyl (C=O) groups is 1. The molecular weight excluding hydrogens is 248 g/mol. The summed E-state index contributed by atoms with van der Waals surface area (Å²) in [4.78, 5) is 14.4. The first-order valence-electron chi connectivity index (χ1n) is 6.37. The molecule has 0 radical (unpaired) electrons. The molecule has 1 aliphatic rings. The lowest BCUT2D eigenvalue weighted by atomic mass is 9.97. The molecule has 3 nitrogen and oxygen atoms in total. The van der Waals surface area contributed by atoms with Crippen LogP contribution in [0.4, 0.5) is 0 Å². The second-order valence-corrected chi connectivity index (χ2v) is 4.76. The number of halogens is 1. The molecule has 2 unspecified atom stereocenters. The largest absolute Gasteiger partial charge is 0.337 e. The van der Waals surface area contributed by atoms with Crippen molar-refractivity contribution >= 4 is 18.3 Å². The highest BCUT2D eigenvalue weighted by Crippen LogP contribution is 2.18. The zero-order valence-corrected chi connectivity index (χ0v) is 12.2. The molecule has 1 aliphatic heterocycles. The highest BCUT2D eigenvalue weighted by Gasteiger charge is 2.31. The van der Waals surface area contributed by atoms with Crippen molar-refractivity contribution in [3.8, 4) is 0 Å². The standard InChI is InChI=1S/C14H24N2O.ClH/c1-5-7-13(8-6-2)14(17)16-10-9-15-11(3)12(16)4;/h5-6,11-13,15H,1-2,7-10H2,3-4H3;1H. The van der Waals surface area contributed by atoms with Crippen molar-refractivity contribution in [3.63, 3.8) is 0 Å². The molecule has 0 bridgehead atoms. The predicted octanol–water partition coefficient (Wildman–Crippen LogP) is 2.39.